The molecule has 0 aromatic carbocycles. The van der Waals surface area contributed by atoms with E-state index in [4.69, 9.17) is 5.73 Å². The van der Waals surface area contributed by atoms with Crippen LogP contribution in [0.25, 0.3) is 0 Å². The Labute approximate surface area is 67.3 Å². The summed E-state index contributed by atoms with van der Waals surface area (Å²) in [5, 5.41) is 6.44. The average Bonchev–Trinajstić information content (AvgIpc) is 2.07. The van der Waals surface area contributed by atoms with Gasteiger partial charge in [0.2, 0.25) is 0 Å². The standard InChI is InChI=1S/C8H15N3/c9-4-6-10-7-8-3-1-2-5-11-8/h1-3,5,8,10-11H,4,6-7,9H2. The molecule has 11 heavy (non-hydrogen) atoms. The Kier molecular flexibility index (Phi) is 3.72. The van der Waals surface area contributed by atoms with E-state index in [0.29, 0.717) is 12.6 Å². The average molecular weight is 153 g/mol. The minimum Gasteiger partial charge on any atom is -0.383 e. The van der Waals surface area contributed by atoms with E-state index < -0.39 is 0 Å². The Morgan fingerprint density at radius 3 is 3.00 bits per heavy atom. The minimum atomic E-state index is 0.423. The zero-order valence-corrected chi connectivity index (χ0v) is 6.59. The Balaban J connectivity index is 2.07. The lowest BCUT2D eigenvalue weighted by Gasteiger charge is -2.15. The van der Waals surface area contributed by atoms with E-state index in [0.717, 1.165) is 13.1 Å². The molecule has 0 amide bonds. The van der Waals surface area contributed by atoms with Gasteiger partial charge in [-0.05, 0) is 12.3 Å². The van der Waals surface area contributed by atoms with Crippen molar-refractivity contribution in [2.45, 2.75) is 6.04 Å². The van der Waals surface area contributed by atoms with Crippen LogP contribution in [0.3, 0.4) is 0 Å². The van der Waals surface area contributed by atoms with Crippen molar-refractivity contribution in [1.29, 1.82) is 0 Å². The number of hydrogen-bond donors (Lipinski definition) is 3. The molecule has 0 radical (unpaired) electrons. The predicted molar refractivity (Wildman–Crippen MR) is 47.1 cm³/mol. The van der Waals surface area contributed by atoms with Crippen LogP contribution in [0.2, 0.25) is 0 Å². The smallest absolute Gasteiger partial charge is 0.0566 e. The molecule has 4 N–H and O–H groups in total. The Morgan fingerprint density at radius 1 is 1.45 bits per heavy atom. The number of nitrogens with two attached hydrogens (primary N) is 1. The van der Waals surface area contributed by atoms with Crippen molar-refractivity contribution < 1.29 is 0 Å². The van der Waals surface area contributed by atoms with Crippen LogP contribution in [0.4, 0.5) is 0 Å². The molecule has 3 heteroatoms. The predicted octanol–water partition coefficient (Wildman–Crippen LogP) is -0.424. The monoisotopic (exact) mass is 153 g/mol. The molecule has 1 heterocycles. The zero-order valence-electron chi connectivity index (χ0n) is 6.59. The number of hydrogen-bond acceptors (Lipinski definition) is 3. The largest absolute Gasteiger partial charge is 0.383 e. The van der Waals surface area contributed by atoms with Gasteiger partial charge >= 0.3 is 0 Å². The molecule has 0 fully saturated rings. The lowest BCUT2D eigenvalue weighted by molar-refractivity contribution is 0.594. The van der Waals surface area contributed by atoms with Gasteiger partial charge in [-0.3, -0.25) is 0 Å². The molecule has 0 bridgehead atoms. The van der Waals surface area contributed by atoms with Crippen LogP contribution in [0.15, 0.2) is 24.4 Å². The molecule has 1 rings (SSSR count). The number of dihydropyridines is 1. The van der Waals surface area contributed by atoms with Crippen molar-refractivity contribution in [1.82, 2.24) is 10.6 Å². The van der Waals surface area contributed by atoms with E-state index >= 15 is 0 Å². The molecule has 1 aliphatic heterocycles. The molecule has 0 aromatic heterocycles. The summed E-state index contributed by atoms with van der Waals surface area (Å²) in [6.45, 7) is 2.53. The van der Waals surface area contributed by atoms with E-state index in [1.807, 2.05) is 18.4 Å². The molecular weight excluding hydrogens is 138 g/mol. The summed E-state index contributed by atoms with van der Waals surface area (Å²) in [6.07, 6.45) is 8.11. The van der Waals surface area contributed by atoms with Crippen molar-refractivity contribution in [2.75, 3.05) is 19.6 Å². The molecule has 0 saturated heterocycles. The third-order valence-corrected chi connectivity index (χ3v) is 1.55. The Bertz CT molecular complexity index is 151. The van der Waals surface area contributed by atoms with E-state index in [-0.39, 0.29) is 0 Å². The van der Waals surface area contributed by atoms with Gasteiger partial charge in [0.1, 0.15) is 0 Å². The van der Waals surface area contributed by atoms with Crippen molar-refractivity contribution in [2.24, 2.45) is 5.73 Å². The van der Waals surface area contributed by atoms with E-state index in [2.05, 4.69) is 16.7 Å². The van der Waals surface area contributed by atoms with Gasteiger partial charge in [-0.15, -0.1) is 0 Å². The first-order valence-corrected chi connectivity index (χ1v) is 3.93. The molecule has 0 aliphatic carbocycles. The van der Waals surface area contributed by atoms with Crippen LogP contribution >= 0.6 is 0 Å². The van der Waals surface area contributed by atoms with Crippen LogP contribution in [-0.4, -0.2) is 25.7 Å². The fourth-order valence-electron chi connectivity index (χ4n) is 0.975. The second-order valence-corrected chi connectivity index (χ2v) is 2.51. The molecule has 0 aromatic rings. The summed E-state index contributed by atoms with van der Waals surface area (Å²) in [4.78, 5) is 0. The lowest BCUT2D eigenvalue weighted by atomic mass is 10.2. The van der Waals surface area contributed by atoms with Crippen molar-refractivity contribution in [3.8, 4) is 0 Å². The van der Waals surface area contributed by atoms with Gasteiger partial charge in [0.05, 0.1) is 6.04 Å². The number of rotatable bonds is 4. The van der Waals surface area contributed by atoms with Crippen LogP contribution in [0.5, 0.6) is 0 Å². The summed E-state index contributed by atoms with van der Waals surface area (Å²) < 4.78 is 0. The molecule has 3 nitrogen and oxygen atoms in total. The minimum absolute atomic E-state index is 0.423. The zero-order chi connectivity index (χ0) is 7.94. The molecule has 1 atom stereocenters. The van der Waals surface area contributed by atoms with Gasteiger partial charge in [-0.1, -0.05) is 12.2 Å². The summed E-state index contributed by atoms with van der Waals surface area (Å²) in [5.41, 5.74) is 5.33. The van der Waals surface area contributed by atoms with Crippen LogP contribution in [0, 0.1) is 0 Å². The van der Waals surface area contributed by atoms with E-state index in [9.17, 15) is 0 Å². The second-order valence-electron chi connectivity index (χ2n) is 2.51. The van der Waals surface area contributed by atoms with Crippen molar-refractivity contribution in [3.63, 3.8) is 0 Å². The SMILES string of the molecule is NCCNCC1C=CC=CN1. The maximum Gasteiger partial charge on any atom is 0.0566 e. The summed E-state index contributed by atoms with van der Waals surface area (Å²) in [5.74, 6) is 0. The highest BCUT2D eigenvalue weighted by atomic mass is 15.0. The van der Waals surface area contributed by atoms with Gasteiger partial charge in [0, 0.05) is 19.6 Å². The topological polar surface area (TPSA) is 50.1 Å². The Hall–Kier alpha value is -0.800. The third kappa shape index (κ3) is 3.20. The first-order valence-electron chi connectivity index (χ1n) is 3.93. The third-order valence-electron chi connectivity index (χ3n) is 1.55. The number of allylic oxidation sites excluding steroid dienone is 2. The maximum absolute atomic E-state index is 5.33. The molecule has 1 unspecified atom stereocenters. The Morgan fingerprint density at radius 2 is 2.36 bits per heavy atom. The van der Waals surface area contributed by atoms with Crippen LogP contribution < -0.4 is 16.4 Å². The van der Waals surface area contributed by atoms with Gasteiger partial charge in [-0.25, -0.2) is 0 Å². The summed E-state index contributed by atoms with van der Waals surface area (Å²) in [7, 11) is 0. The first kappa shape index (κ1) is 8.30. The second kappa shape index (κ2) is 4.93. The van der Waals surface area contributed by atoms with Crippen molar-refractivity contribution in [3.05, 3.63) is 24.4 Å². The summed E-state index contributed by atoms with van der Waals surface area (Å²) in [6, 6.07) is 0.423. The fraction of sp³-hybridized carbons (Fsp3) is 0.500. The molecule has 1 aliphatic rings. The molecular formula is C8H15N3. The summed E-state index contributed by atoms with van der Waals surface area (Å²) >= 11 is 0. The van der Waals surface area contributed by atoms with Gasteiger partial charge in [-0.2, -0.15) is 0 Å². The maximum atomic E-state index is 5.33. The first-order chi connectivity index (χ1) is 5.43. The highest BCUT2D eigenvalue weighted by molar-refractivity contribution is 5.12. The molecule has 62 valence electrons. The van der Waals surface area contributed by atoms with Crippen molar-refractivity contribution >= 4 is 0 Å². The lowest BCUT2D eigenvalue weighted by Crippen LogP contribution is -2.37. The highest BCUT2D eigenvalue weighted by Gasteiger charge is 2.01. The van der Waals surface area contributed by atoms with Crippen LogP contribution in [0.1, 0.15) is 0 Å². The molecule has 0 spiro atoms. The van der Waals surface area contributed by atoms with Gasteiger partial charge in [0.15, 0.2) is 0 Å². The quantitative estimate of drug-likeness (QED) is 0.481. The highest BCUT2D eigenvalue weighted by Crippen LogP contribution is 1.91. The molecule has 0 saturated carbocycles. The van der Waals surface area contributed by atoms with Gasteiger partial charge in [0.25, 0.3) is 0 Å². The normalized spacial score (nSPS) is 21.7. The van der Waals surface area contributed by atoms with E-state index in [1.165, 1.54) is 0 Å². The van der Waals surface area contributed by atoms with Gasteiger partial charge < -0.3 is 16.4 Å². The van der Waals surface area contributed by atoms with Crippen LogP contribution in [-0.2, 0) is 0 Å². The number of nitrogens with one attached hydrogen (secondary N) is 2. The van der Waals surface area contributed by atoms with E-state index in [1.54, 1.807) is 0 Å². The fourth-order valence-corrected chi connectivity index (χ4v) is 0.975.